The molecule has 8 heteroatoms. The van der Waals surface area contributed by atoms with Gasteiger partial charge in [-0.25, -0.2) is 4.79 Å². The van der Waals surface area contributed by atoms with Gasteiger partial charge in [0.2, 0.25) is 5.91 Å². The molecule has 24 heavy (non-hydrogen) atoms. The Morgan fingerprint density at radius 1 is 1.00 bits per heavy atom. The lowest BCUT2D eigenvalue weighted by molar-refractivity contribution is -0.114. The third-order valence-corrected chi connectivity index (χ3v) is 4.10. The summed E-state index contributed by atoms with van der Waals surface area (Å²) in [5, 5.41) is 6.66. The van der Waals surface area contributed by atoms with Gasteiger partial charge in [-0.05, 0) is 36.4 Å². The molecule has 0 saturated heterocycles. The van der Waals surface area contributed by atoms with Crippen molar-refractivity contribution in [3.05, 3.63) is 57.0 Å². The van der Waals surface area contributed by atoms with E-state index >= 15 is 0 Å². The molecule has 0 aromatic heterocycles. The molecule has 2 N–H and O–H groups in total. The fourth-order valence-corrected chi connectivity index (χ4v) is 2.31. The molecule has 0 aliphatic carbocycles. The molecule has 0 aliphatic rings. The van der Waals surface area contributed by atoms with Gasteiger partial charge < -0.3 is 15.4 Å². The minimum absolute atomic E-state index is 0.0171. The molecular formula is C16H13Cl3N2O3. The summed E-state index contributed by atoms with van der Waals surface area (Å²) in [5.74, 6) is -0.860. The second-order valence-corrected chi connectivity index (χ2v) is 5.94. The Morgan fingerprint density at radius 3 is 2.38 bits per heavy atom. The van der Waals surface area contributed by atoms with E-state index in [9.17, 15) is 9.59 Å². The zero-order valence-corrected chi connectivity index (χ0v) is 14.8. The molecule has 0 saturated carbocycles. The van der Waals surface area contributed by atoms with E-state index in [1.165, 1.54) is 25.3 Å². The van der Waals surface area contributed by atoms with E-state index in [1.54, 1.807) is 18.2 Å². The number of nitrogens with one attached hydrogen (secondary N) is 2. The number of methoxy groups -OCH3 is 1. The maximum absolute atomic E-state index is 12.0. The maximum Gasteiger partial charge on any atom is 0.337 e. The van der Waals surface area contributed by atoms with Crippen LogP contribution < -0.4 is 10.6 Å². The van der Waals surface area contributed by atoms with Gasteiger partial charge in [0.25, 0.3) is 0 Å². The van der Waals surface area contributed by atoms with E-state index in [4.69, 9.17) is 34.8 Å². The van der Waals surface area contributed by atoms with Crippen molar-refractivity contribution in [3.63, 3.8) is 0 Å². The molecule has 0 bridgehead atoms. The van der Waals surface area contributed by atoms with Crippen LogP contribution in [0, 0.1) is 0 Å². The van der Waals surface area contributed by atoms with Crippen molar-refractivity contribution in [3.8, 4) is 0 Å². The van der Waals surface area contributed by atoms with Gasteiger partial charge in [-0.2, -0.15) is 0 Å². The lowest BCUT2D eigenvalue weighted by Crippen LogP contribution is -2.22. The van der Waals surface area contributed by atoms with E-state index in [1.807, 2.05) is 0 Å². The first-order valence-electron chi connectivity index (χ1n) is 6.77. The van der Waals surface area contributed by atoms with Gasteiger partial charge in [-0.3, -0.25) is 4.79 Å². The summed E-state index contributed by atoms with van der Waals surface area (Å²) in [5.41, 5.74) is 1.25. The molecule has 0 fully saturated rings. The van der Waals surface area contributed by atoms with Gasteiger partial charge in [0, 0.05) is 5.69 Å². The number of esters is 1. The molecule has 0 unspecified atom stereocenters. The van der Waals surface area contributed by atoms with Crippen molar-refractivity contribution in [2.24, 2.45) is 0 Å². The quantitative estimate of drug-likeness (QED) is 0.742. The van der Waals surface area contributed by atoms with Crippen LogP contribution in [0.3, 0.4) is 0 Å². The van der Waals surface area contributed by atoms with E-state index in [-0.39, 0.29) is 18.0 Å². The second kappa shape index (κ2) is 8.24. The molecule has 0 aliphatic heterocycles. The van der Waals surface area contributed by atoms with Crippen LogP contribution in [0.2, 0.25) is 15.1 Å². The third-order valence-electron chi connectivity index (χ3n) is 3.03. The number of carbonyl (C=O) groups is 2. The zero-order chi connectivity index (χ0) is 17.7. The van der Waals surface area contributed by atoms with Crippen molar-refractivity contribution in [1.82, 2.24) is 0 Å². The van der Waals surface area contributed by atoms with Crippen molar-refractivity contribution in [2.45, 2.75) is 0 Å². The standard InChI is InChI=1S/C16H13Cl3N2O3/c1-24-16(23)9-2-4-12(18)14(6-9)21-15(22)8-20-10-3-5-11(17)13(19)7-10/h2-7,20H,8H2,1H3,(H,21,22). The maximum atomic E-state index is 12.0. The van der Waals surface area contributed by atoms with Gasteiger partial charge in [0.1, 0.15) is 0 Å². The van der Waals surface area contributed by atoms with Crippen LogP contribution in [-0.4, -0.2) is 25.5 Å². The number of ether oxygens (including phenoxy) is 1. The molecule has 2 aromatic rings. The number of anilines is 2. The van der Waals surface area contributed by atoms with Crippen LogP contribution in [0.4, 0.5) is 11.4 Å². The highest BCUT2D eigenvalue weighted by molar-refractivity contribution is 6.42. The van der Waals surface area contributed by atoms with Crippen LogP contribution in [-0.2, 0) is 9.53 Å². The monoisotopic (exact) mass is 386 g/mol. The highest BCUT2D eigenvalue weighted by Crippen LogP contribution is 2.25. The topological polar surface area (TPSA) is 67.4 Å². The van der Waals surface area contributed by atoms with Crippen molar-refractivity contribution < 1.29 is 14.3 Å². The van der Waals surface area contributed by atoms with Crippen LogP contribution in [0.25, 0.3) is 0 Å². The van der Waals surface area contributed by atoms with Gasteiger partial charge >= 0.3 is 5.97 Å². The Kier molecular flexibility index (Phi) is 6.31. The SMILES string of the molecule is COC(=O)c1ccc(Cl)c(NC(=O)CNc2ccc(Cl)c(Cl)c2)c1. The molecule has 2 rings (SSSR count). The number of carbonyl (C=O) groups excluding carboxylic acids is 2. The molecule has 2 aromatic carbocycles. The Bertz CT molecular complexity index is 781. The lowest BCUT2D eigenvalue weighted by Gasteiger charge is -2.10. The van der Waals surface area contributed by atoms with E-state index in [0.29, 0.717) is 26.4 Å². The minimum Gasteiger partial charge on any atom is -0.465 e. The van der Waals surface area contributed by atoms with Crippen LogP contribution >= 0.6 is 34.8 Å². The Morgan fingerprint density at radius 2 is 1.71 bits per heavy atom. The highest BCUT2D eigenvalue weighted by Gasteiger charge is 2.11. The molecule has 0 heterocycles. The summed E-state index contributed by atoms with van der Waals surface area (Å²) >= 11 is 17.8. The second-order valence-electron chi connectivity index (χ2n) is 4.72. The first-order valence-corrected chi connectivity index (χ1v) is 7.90. The van der Waals surface area contributed by atoms with Crippen molar-refractivity contribution in [2.75, 3.05) is 24.3 Å². The summed E-state index contributed by atoms with van der Waals surface area (Å²) < 4.78 is 4.63. The van der Waals surface area contributed by atoms with E-state index in [0.717, 1.165) is 0 Å². The molecular weight excluding hydrogens is 375 g/mol. The Hall–Kier alpha value is -1.95. The molecule has 0 spiro atoms. The predicted octanol–water partition coefficient (Wildman–Crippen LogP) is 4.48. The largest absolute Gasteiger partial charge is 0.465 e. The number of hydrogen-bond donors (Lipinski definition) is 2. The summed E-state index contributed by atoms with van der Waals surface area (Å²) in [7, 11) is 1.27. The normalized spacial score (nSPS) is 10.2. The highest BCUT2D eigenvalue weighted by atomic mass is 35.5. The average molecular weight is 388 g/mol. The van der Waals surface area contributed by atoms with Gasteiger partial charge in [-0.15, -0.1) is 0 Å². The summed E-state index contributed by atoms with van der Waals surface area (Å²) in [6.07, 6.45) is 0. The number of amides is 1. The number of benzene rings is 2. The Balaban J connectivity index is 2.01. The minimum atomic E-state index is -0.518. The lowest BCUT2D eigenvalue weighted by atomic mass is 10.2. The van der Waals surface area contributed by atoms with Crippen molar-refractivity contribution >= 4 is 58.1 Å². The Labute approximate surface area is 153 Å². The fourth-order valence-electron chi connectivity index (χ4n) is 1.85. The van der Waals surface area contributed by atoms with Crippen LogP contribution in [0.15, 0.2) is 36.4 Å². The average Bonchev–Trinajstić information content (AvgIpc) is 2.57. The molecule has 5 nitrogen and oxygen atoms in total. The predicted molar refractivity (Wildman–Crippen MR) is 96.4 cm³/mol. The van der Waals surface area contributed by atoms with Gasteiger partial charge in [0.05, 0.1) is 40.0 Å². The number of halogens is 3. The van der Waals surface area contributed by atoms with Gasteiger partial charge in [0.15, 0.2) is 0 Å². The van der Waals surface area contributed by atoms with Crippen LogP contribution in [0.1, 0.15) is 10.4 Å². The third kappa shape index (κ3) is 4.77. The number of rotatable bonds is 5. The zero-order valence-electron chi connectivity index (χ0n) is 12.5. The summed E-state index contributed by atoms with van der Waals surface area (Å²) in [6, 6.07) is 9.41. The number of hydrogen-bond acceptors (Lipinski definition) is 4. The smallest absolute Gasteiger partial charge is 0.337 e. The first kappa shape index (κ1) is 18.4. The summed E-state index contributed by atoms with van der Waals surface area (Å²) in [6.45, 7) is -0.0171. The molecule has 0 radical (unpaired) electrons. The van der Waals surface area contributed by atoms with Crippen molar-refractivity contribution in [1.29, 1.82) is 0 Å². The first-order chi connectivity index (χ1) is 11.4. The van der Waals surface area contributed by atoms with Crippen LogP contribution in [0.5, 0.6) is 0 Å². The fraction of sp³-hybridized carbons (Fsp3) is 0.125. The van der Waals surface area contributed by atoms with Gasteiger partial charge in [-0.1, -0.05) is 34.8 Å². The summed E-state index contributed by atoms with van der Waals surface area (Å²) in [4.78, 5) is 23.6. The molecule has 0 atom stereocenters. The molecule has 126 valence electrons. The van der Waals surface area contributed by atoms with E-state index in [2.05, 4.69) is 15.4 Å². The molecule has 1 amide bonds. The van der Waals surface area contributed by atoms with E-state index < -0.39 is 5.97 Å².